The quantitative estimate of drug-likeness (QED) is 0.891. The molecule has 1 N–H and O–H groups in total. The second-order valence-corrected chi connectivity index (χ2v) is 5.00. The van der Waals surface area contributed by atoms with Gasteiger partial charge >= 0.3 is 0 Å². The van der Waals surface area contributed by atoms with E-state index in [9.17, 15) is 4.79 Å². The highest BCUT2D eigenvalue weighted by molar-refractivity contribution is 5.89. The van der Waals surface area contributed by atoms with E-state index < -0.39 is 0 Å². The summed E-state index contributed by atoms with van der Waals surface area (Å²) >= 11 is 0. The van der Waals surface area contributed by atoms with Crippen LogP contribution in [0, 0.1) is 6.92 Å². The molecule has 1 unspecified atom stereocenters. The molecule has 1 aromatic heterocycles. The Kier molecular flexibility index (Phi) is 4.36. The van der Waals surface area contributed by atoms with Crippen molar-refractivity contribution in [2.45, 2.75) is 45.6 Å². The molecule has 1 atom stereocenters. The normalized spacial score (nSPS) is 20.9. The number of aryl methyl sites for hydroxylation is 1. The number of hydrogen-bond acceptors (Lipinski definition) is 4. The minimum absolute atomic E-state index is 0.000994. The van der Waals surface area contributed by atoms with Crippen LogP contribution in [0.15, 0.2) is 10.6 Å². The number of piperidine rings is 1. The maximum Gasteiger partial charge on any atom is 0.226 e. The molecule has 2 rings (SSSR count). The van der Waals surface area contributed by atoms with E-state index in [-0.39, 0.29) is 5.91 Å². The predicted molar refractivity (Wildman–Crippen MR) is 69.4 cm³/mol. The molecule has 1 fully saturated rings. The molecule has 1 aromatic rings. The van der Waals surface area contributed by atoms with Gasteiger partial charge in [0, 0.05) is 25.1 Å². The van der Waals surface area contributed by atoms with Crippen molar-refractivity contribution in [3.05, 3.63) is 11.8 Å². The molecule has 18 heavy (non-hydrogen) atoms. The molecule has 0 aromatic carbocycles. The highest BCUT2D eigenvalue weighted by atomic mass is 16.5. The Balaban J connectivity index is 1.74. The Bertz CT molecular complexity index is 403. The van der Waals surface area contributed by atoms with Gasteiger partial charge in [-0.25, -0.2) is 0 Å². The van der Waals surface area contributed by atoms with E-state index in [4.69, 9.17) is 4.52 Å². The van der Waals surface area contributed by atoms with E-state index in [0.717, 1.165) is 13.1 Å². The number of aromatic nitrogens is 1. The zero-order chi connectivity index (χ0) is 13.0. The summed E-state index contributed by atoms with van der Waals surface area (Å²) in [5.41, 5.74) is 0. The van der Waals surface area contributed by atoms with E-state index in [1.807, 2.05) is 0 Å². The number of likely N-dealkylation sites (tertiary alicyclic amines) is 1. The Morgan fingerprint density at radius 2 is 2.44 bits per heavy atom. The first kappa shape index (κ1) is 13.1. The van der Waals surface area contributed by atoms with Gasteiger partial charge in [0.25, 0.3) is 0 Å². The van der Waals surface area contributed by atoms with Gasteiger partial charge in [-0.05, 0) is 33.2 Å². The molecule has 1 aliphatic heterocycles. The third-order valence-electron chi connectivity index (χ3n) is 3.46. The van der Waals surface area contributed by atoms with Crippen LogP contribution < -0.4 is 5.32 Å². The molecule has 0 radical (unpaired) electrons. The molecular formula is C13H21N3O2. The Labute approximate surface area is 108 Å². The predicted octanol–water partition coefficient (Wildman–Crippen LogP) is 2.19. The van der Waals surface area contributed by atoms with Crippen LogP contribution in [-0.2, 0) is 4.79 Å². The van der Waals surface area contributed by atoms with Crippen LogP contribution in [0.5, 0.6) is 0 Å². The molecule has 0 saturated carbocycles. The van der Waals surface area contributed by atoms with Gasteiger partial charge in [0.2, 0.25) is 5.91 Å². The molecule has 2 heterocycles. The molecule has 0 bridgehead atoms. The lowest BCUT2D eigenvalue weighted by atomic mass is 10.0. The average molecular weight is 251 g/mol. The zero-order valence-corrected chi connectivity index (χ0v) is 11.1. The van der Waals surface area contributed by atoms with Gasteiger partial charge < -0.3 is 14.7 Å². The molecule has 5 nitrogen and oxygen atoms in total. The number of carbonyl (C=O) groups excluding carboxylic acids is 1. The van der Waals surface area contributed by atoms with Crippen molar-refractivity contribution < 1.29 is 9.32 Å². The van der Waals surface area contributed by atoms with E-state index in [1.54, 1.807) is 13.0 Å². The smallest absolute Gasteiger partial charge is 0.226 e. The lowest BCUT2D eigenvalue weighted by molar-refractivity contribution is -0.116. The summed E-state index contributed by atoms with van der Waals surface area (Å²) in [5, 5.41) is 6.49. The van der Waals surface area contributed by atoms with Crippen LogP contribution in [0.4, 0.5) is 5.82 Å². The average Bonchev–Trinajstić information content (AvgIpc) is 2.74. The van der Waals surface area contributed by atoms with Crippen molar-refractivity contribution in [2.24, 2.45) is 0 Å². The highest BCUT2D eigenvalue weighted by Gasteiger charge is 2.18. The first-order valence-corrected chi connectivity index (χ1v) is 6.62. The van der Waals surface area contributed by atoms with Crippen molar-refractivity contribution in [3.8, 4) is 0 Å². The van der Waals surface area contributed by atoms with Crippen molar-refractivity contribution >= 4 is 11.7 Å². The SMILES string of the molecule is Cc1cc(NC(=O)CCN2CCCCC2C)no1. The number of carbonyl (C=O) groups is 1. The van der Waals surface area contributed by atoms with Gasteiger partial charge in [0.1, 0.15) is 5.76 Å². The van der Waals surface area contributed by atoms with Crippen LogP contribution in [-0.4, -0.2) is 35.1 Å². The summed E-state index contributed by atoms with van der Waals surface area (Å²) in [6.45, 7) is 5.97. The van der Waals surface area contributed by atoms with Crippen molar-refractivity contribution in [1.29, 1.82) is 0 Å². The van der Waals surface area contributed by atoms with E-state index in [2.05, 4.69) is 22.3 Å². The molecular weight excluding hydrogens is 230 g/mol. The largest absolute Gasteiger partial charge is 0.360 e. The lowest BCUT2D eigenvalue weighted by Crippen LogP contribution is -2.39. The number of nitrogens with zero attached hydrogens (tertiary/aromatic N) is 2. The van der Waals surface area contributed by atoms with Gasteiger partial charge in [-0.2, -0.15) is 0 Å². The summed E-state index contributed by atoms with van der Waals surface area (Å²) in [4.78, 5) is 14.1. The summed E-state index contributed by atoms with van der Waals surface area (Å²) < 4.78 is 4.90. The van der Waals surface area contributed by atoms with Crippen LogP contribution in [0.25, 0.3) is 0 Å². The van der Waals surface area contributed by atoms with Crippen LogP contribution in [0.2, 0.25) is 0 Å². The third kappa shape index (κ3) is 3.57. The first-order chi connectivity index (χ1) is 8.65. The van der Waals surface area contributed by atoms with Crippen LogP contribution in [0.3, 0.4) is 0 Å². The second kappa shape index (κ2) is 6.00. The lowest BCUT2D eigenvalue weighted by Gasteiger charge is -2.32. The van der Waals surface area contributed by atoms with Crippen LogP contribution >= 0.6 is 0 Å². The van der Waals surface area contributed by atoms with Gasteiger partial charge in [0.15, 0.2) is 5.82 Å². The Morgan fingerprint density at radius 1 is 1.61 bits per heavy atom. The maximum atomic E-state index is 11.8. The number of anilines is 1. The molecule has 0 aliphatic carbocycles. The van der Waals surface area contributed by atoms with Gasteiger partial charge in [-0.15, -0.1) is 0 Å². The Morgan fingerprint density at radius 3 is 3.11 bits per heavy atom. The summed E-state index contributed by atoms with van der Waals surface area (Å²) in [6.07, 6.45) is 4.30. The molecule has 5 heteroatoms. The number of rotatable bonds is 4. The van der Waals surface area contributed by atoms with Crippen molar-refractivity contribution in [2.75, 3.05) is 18.4 Å². The van der Waals surface area contributed by atoms with E-state index >= 15 is 0 Å². The minimum atomic E-state index is 0.000994. The van der Waals surface area contributed by atoms with Gasteiger partial charge in [-0.1, -0.05) is 11.6 Å². The monoisotopic (exact) mass is 251 g/mol. The summed E-state index contributed by atoms with van der Waals surface area (Å²) in [7, 11) is 0. The number of amides is 1. The van der Waals surface area contributed by atoms with Crippen molar-refractivity contribution in [1.82, 2.24) is 10.1 Å². The first-order valence-electron chi connectivity index (χ1n) is 6.62. The molecule has 1 saturated heterocycles. The summed E-state index contributed by atoms with van der Waals surface area (Å²) in [5.74, 6) is 1.21. The van der Waals surface area contributed by atoms with E-state index in [1.165, 1.54) is 19.3 Å². The fourth-order valence-corrected chi connectivity index (χ4v) is 2.37. The van der Waals surface area contributed by atoms with Crippen molar-refractivity contribution in [3.63, 3.8) is 0 Å². The molecule has 1 aliphatic rings. The fraction of sp³-hybridized carbons (Fsp3) is 0.692. The standard InChI is InChI=1S/C13H21N3O2/c1-10-5-3-4-7-16(10)8-6-13(17)14-12-9-11(2)18-15-12/h9-10H,3-8H2,1-2H3,(H,14,15,17). The minimum Gasteiger partial charge on any atom is -0.360 e. The molecule has 100 valence electrons. The van der Waals surface area contributed by atoms with Gasteiger partial charge in [0.05, 0.1) is 0 Å². The molecule has 1 amide bonds. The van der Waals surface area contributed by atoms with Crippen LogP contribution in [0.1, 0.15) is 38.4 Å². The van der Waals surface area contributed by atoms with Gasteiger partial charge in [-0.3, -0.25) is 4.79 Å². The number of nitrogens with one attached hydrogen (secondary N) is 1. The number of hydrogen-bond donors (Lipinski definition) is 1. The maximum absolute atomic E-state index is 11.8. The summed E-state index contributed by atoms with van der Waals surface area (Å²) in [6, 6.07) is 2.32. The zero-order valence-electron chi connectivity index (χ0n) is 11.1. The van der Waals surface area contributed by atoms with E-state index in [0.29, 0.717) is 24.0 Å². The second-order valence-electron chi connectivity index (χ2n) is 5.00. The topological polar surface area (TPSA) is 58.4 Å². The fourth-order valence-electron chi connectivity index (χ4n) is 2.37. The Hall–Kier alpha value is -1.36. The highest BCUT2D eigenvalue weighted by Crippen LogP contribution is 2.16. The molecule has 0 spiro atoms. The third-order valence-corrected chi connectivity index (χ3v) is 3.46.